The van der Waals surface area contributed by atoms with E-state index in [1.165, 1.54) is 57.8 Å². The van der Waals surface area contributed by atoms with Gasteiger partial charge in [0.25, 0.3) is 0 Å². The molecule has 0 aromatic rings. The third-order valence-corrected chi connectivity index (χ3v) is 12.3. The highest BCUT2D eigenvalue weighted by molar-refractivity contribution is 5.66. The molecule has 0 heterocycles. The van der Waals surface area contributed by atoms with Gasteiger partial charge >= 0.3 is 5.97 Å². The minimum Gasteiger partial charge on any atom is -0.462 e. The molecule has 0 spiro atoms. The predicted octanol–water partition coefficient (Wildman–Crippen LogP) is 9.30. The van der Waals surface area contributed by atoms with Crippen LogP contribution in [0.4, 0.5) is 0 Å². The van der Waals surface area contributed by atoms with Gasteiger partial charge in [-0.2, -0.15) is 0 Å². The largest absolute Gasteiger partial charge is 0.462 e. The molecular weight excluding hydrogens is 428 g/mol. The number of carbonyl (C=O) groups is 1. The van der Waals surface area contributed by atoms with Crippen LogP contribution in [0.2, 0.25) is 0 Å². The Hall–Kier alpha value is -1.05. The second-order valence-corrected chi connectivity index (χ2v) is 14.0. The van der Waals surface area contributed by atoms with Crippen molar-refractivity contribution in [3.05, 3.63) is 22.8 Å². The van der Waals surface area contributed by atoms with Crippen LogP contribution in [0.15, 0.2) is 22.8 Å². The Labute approximate surface area is 216 Å². The molecule has 0 aromatic heterocycles. The van der Waals surface area contributed by atoms with Gasteiger partial charge in [-0.25, -0.2) is 0 Å². The van der Waals surface area contributed by atoms with E-state index in [1.807, 2.05) is 11.1 Å². The normalized spacial score (nSPS) is 42.4. The third-order valence-electron chi connectivity index (χ3n) is 12.3. The fourth-order valence-corrected chi connectivity index (χ4v) is 9.98. The van der Waals surface area contributed by atoms with E-state index in [9.17, 15) is 4.79 Å². The summed E-state index contributed by atoms with van der Waals surface area (Å²) >= 11 is 0. The van der Waals surface area contributed by atoms with Crippen molar-refractivity contribution in [3.63, 3.8) is 0 Å². The summed E-state index contributed by atoms with van der Waals surface area (Å²) in [5.74, 6) is 3.32. The molecule has 2 heteroatoms. The molecule has 8 atom stereocenters. The lowest BCUT2D eigenvalue weighted by Gasteiger charge is -2.60. The fourth-order valence-electron chi connectivity index (χ4n) is 9.98. The first kappa shape index (κ1) is 27.0. The topological polar surface area (TPSA) is 26.3 Å². The van der Waals surface area contributed by atoms with Crippen LogP contribution < -0.4 is 0 Å². The average Bonchev–Trinajstić information content (AvgIpc) is 3.07. The maximum atomic E-state index is 11.7. The highest BCUT2D eigenvalue weighted by atomic mass is 16.5. The van der Waals surface area contributed by atoms with Crippen molar-refractivity contribution in [2.75, 3.05) is 0 Å². The van der Waals surface area contributed by atoms with Gasteiger partial charge in [-0.1, -0.05) is 71.3 Å². The Morgan fingerprint density at radius 3 is 2.37 bits per heavy atom. The second kappa shape index (κ2) is 9.68. The minimum absolute atomic E-state index is 0.108. The number of hydrogen-bond acceptors (Lipinski definition) is 2. The minimum atomic E-state index is -0.108. The molecule has 2 fully saturated rings. The summed E-state index contributed by atoms with van der Waals surface area (Å²) < 4.78 is 5.78. The van der Waals surface area contributed by atoms with Gasteiger partial charge in [-0.15, -0.1) is 0 Å². The summed E-state index contributed by atoms with van der Waals surface area (Å²) in [6.45, 7) is 21.3. The molecule has 0 aliphatic heterocycles. The Morgan fingerprint density at radius 2 is 1.74 bits per heavy atom. The molecule has 0 unspecified atom stereocenters. The van der Waals surface area contributed by atoms with E-state index >= 15 is 0 Å². The second-order valence-electron chi connectivity index (χ2n) is 14.0. The highest BCUT2D eigenvalue weighted by Gasteiger charge is 2.62. The average molecular weight is 483 g/mol. The molecule has 198 valence electrons. The van der Waals surface area contributed by atoms with E-state index in [4.69, 9.17) is 4.74 Å². The van der Waals surface area contributed by atoms with Gasteiger partial charge in [0.1, 0.15) is 6.10 Å². The van der Waals surface area contributed by atoms with Crippen molar-refractivity contribution < 1.29 is 9.53 Å². The van der Waals surface area contributed by atoms with Gasteiger partial charge in [0.05, 0.1) is 0 Å². The number of hydrogen-bond donors (Lipinski definition) is 0. The maximum Gasteiger partial charge on any atom is 0.302 e. The van der Waals surface area contributed by atoms with Gasteiger partial charge < -0.3 is 4.74 Å². The number of ether oxygens (including phenoxy) is 1. The van der Waals surface area contributed by atoms with Crippen LogP contribution in [-0.4, -0.2) is 12.1 Å². The van der Waals surface area contributed by atoms with E-state index in [-0.39, 0.29) is 12.1 Å². The SMILES string of the molecule is C/C=C(\CC[C@@H](C)[C@H]1CC[C@@]2(C)C3=C(CC[C@]12C)[C@@]1(C)CC[C@H](OC(C)=O)[C@@H](C)[C@@H]1CC3)C(C)C. The molecule has 35 heavy (non-hydrogen) atoms. The summed E-state index contributed by atoms with van der Waals surface area (Å²) in [5.41, 5.74) is 6.45. The van der Waals surface area contributed by atoms with Crippen LogP contribution in [0.1, 0.15) is 127 Å². The Balaban J connectivity index is 1.57. The van der Waals surface area contributed by atoms with Crippen molar-refractivity contribution in [1.29, 1.82) is 0 Å². The Morgan fingerprint density at radius 1 is 1.03 bits per heavy atom. The Bertz CT molecular complexity index is 880. The van der Waals surface area contributed by atoms with Crippen molar-refractivity contribution >= 4 is 5.97 Å². The molecule has 2 nitrogen and oxygen atoms in total. The van der Waals surface area contributed by atoms with Crippen LogP contribution in [0.25, 0.3) is 0 Å². The van der Waals surface area contributed by atoms with Crippen molar-refractivity contribution in [2.45, 2.75) is 133 Å². The van der Waals surface area contributed by atoms with Crippen LogP contribution in [0.5, 0.6) is 0 Å². The smallest absolute Gasteiger partial charge is 0.302 e. The highest BCUT2D eigenvalue weighted by Crippen LogP contribution is 2.71. The van der Waals surface area contributed by atoms with Gasteiger partial charge in [0.15, 0.2) is 0 Å². The zero-order valence-corrected chi connectivity index (χ0v) is 24.4. The zero-order valence-electron chi connectivity index (χ0n) is 24.4. The van der Waals surface area contributed by atoms with E-state index in [0.29, 0.717) is 34.0 Å². The monoisotopic (exact) mass is 482 g/mol. The van der Waals surface area contributed by atoms with E-state index < -0.39 is 0 Å². The lowest BCUT2D eigenvalue weighted by molar-refractivity contribution is -0.155. The standard InChI is InChI=1S/C33H54O2/c1-10-25(21(2)3)12-11-22(4)26-15-19-33(9)29-14-13-27-23(5)30(35-24(6)34)17-18-31(27,7)28(29)16-20-32(26,33)8/h10,21-23,26-27,30H,11-20H2,1-9H3/b25-10+/t22-,23+,26-,27+,30+,31+,32-,33+/m1/s1. The fraction of sp³-hybridized carbons (Fsp3) is 0.848. The molecule has 0 saturated heterocycles. The molecule has 4 aliphatic rings. The maximum absolute atomic E-state index is 11.7. The van der Waals surface area contributed by atoms with Crippen LogP contribution in [0.3, 0.4) is 0 Å². The molecule has 0 N–H and O–H groups in total. The van der Waals surface area contributed by atoms with Gasteiger partial charge in [0.2, 0.25) is 0 Å². The van der Waals surface area contributed by atoms with Crippen LogP contribution in [-0.2, 0) is 9.53 Å². The zero-order chi connectivity index (χ0) is 25.8. The molecule has 2 saturated carbocycles. The summed E-state index contributed by atoms with van der Waals surface area (Å²) in [6, 6.07) is 0. The lowest BCUT2D eigenvalue weighted by Crippen LogP contribution is -2.52. The first-order valence-corrected chi connectivity index (χ1v) is 14.9. The molecule has 4 aliphatic carbocycles. The Kier molecular flexibility index (Phi) is 7.47. The van der Waals surface area contributed by atoms with E-state index in [0.717, 1.165) is 18.3 Å². The van der Waals surface area contributed by atoms with Gasteiger partial charge in [-0.3, -0.25) is 4.79 Å². The molecule has 0 amide bonds. The number of esters is 1. The summed E-state index contributed by atoms with van der Waals surface area (Å²) in [6.07, 6.45) is 15.3. The molecule has 0 bridgehead atoms. The third kappa shape index (κ3) is 4.27. The first-order chi connectivity index (χ1) is 16.4. The number of fused-ring (bicyclic) bond motifs is 4. The van der Waals surface area contributed by atoms with Crippen molar-refractivity contribution in [1.82, 2.24) is 0 Å². The van der Waals surface area contributed by atoms with Crippen LogP contribution >= 0.6 is 0 Å². The van der Waals surface area contributed by atoms with Crippen molar-refractivity contribution in [2.24, 2.45) is 45.8 Å². The summed E-state index contributed by atoms with van der Waals surface area (Å²) in [5, 5.41) is 0. The summed E-state index contributed by atoms with van der Waals surface area (Å²) in [7, 11) is 0. The van der Waals surface area contributed by atoms with Crippen molar-refractivity contribution in [3.8, 4) is 0 Å². The van der Waals surface area contributed by atoms with E-state index in [2.05, 4.69) is 61.5 Å². The molecule has 0 aromatic carbocycles. The molecular formula is C33H54O2. The van der Waals surface area contributed by atoms with Gasteiger partial charge in [-0.05, 0) is 117 Å². The molecule has 0 radical (unpaired) electrons. The number of rotatable bonds is 6. The molecule has 4 rings (SSSR count). The number of allylic oxidation sites excluding steroid dienone is 4. The quantitative estimate of drug-likeness (QED) is 0.278. The van der Waals surface area contributed by atoms with Gasteiger partial charge in [0, 0.05) is 6.92 Å². The lowest BCUT2D eigenvalue weighted by atomic mass is 9.45. The summed E-state index contributed by atoms with van der Waals surface area (Å²) in [4.78, 5) is 11.7. The predicted molar refractivity (Wildman–Crippen MR) is 147 cm³/mol. The van der Waals surface area contributed by atoms with E-state index in [1.54, 1.807) is 12.5 Å². The first-order valence-electron chi connectivity index (χ1n) is 14.9. The number of carbonyl (C=O) groups excluding carboxylic acids is 1. The van der Waals surface area contributed by atoms with Crippen LogP contribution in [0, 0.1) is 45.8 Å².